The zero-order valence-electron chi connectivity index (χ0n) is 54.8. The second-order valence-electron chi connectivity index (χ2n) is 25.8. The molecule has 1 fully saturated rings. The van der Waals surface area contributed by atoms with E-state index in [2.05, 4.69) is 60.1 Å². The number of Topliss-reactive ketones (excluding diaryl/α,β-unsaturated/α-hetero) is 1. The van der Waals surface area contributed by atoms with Crippen LogP contribution in [-0.4, -0.2) is 172 Å². The lowest BCUT2D eigenvalue weighted by molar-refractivity contribution is -0.140. The molecule has 0 radical (unpaired) electrons. The lowest BCUT2D eigenvalue weighted by Crippen LogP contribution is -2.64. The van der Waals surface area contributed by atoms with E-state index in [4.69, 9.17) is 5.11 Å². The quantitative estimate of drug-likeness (QED) is 0.0391. The molecule has 86 heavy (non-hydrogen) atoms. The smallest absolute Gasteiger partial charge is 0.245 e. The van der Waals surface area contributed by atoms with E-state index < -0.39 is 101 Å². The number of unbranched alkanes of at least 4 members (excludes halogenated alkanes) is 3. The van der Waals surface area contributed by atoms with Crippen molar-refractivity contribution in [1.29, 1.82) is 0 Å². The number of likely N-dealkylation sites (tertiary alicyclic amines) is 1. The van der Waals surface area contributed by atoms with Crippen molar-refractivity contribution in [3.63, 3.8) is 0 Å². The molecule has 1 rings (SSSR count). The molecule has 0 aromatic carbocycles. The normalized spacial score (nSPS) is 16.7. The van der Waals surface area contributed by atoms with Crippen LogP contribution in [0.15, 0.2) is 0 Å². The van der Waals surface area contributed by atoms with Gasteiger partial charge in [-0.15, -0.1) is 0 Å². The molecule has 1 aliphatic rings. The highest BCUT2D eigenvalue weighted by atomic mass is 16.3. The Kier molecular flexibility index (Phi) is 36.3. The lowest BCUT2D eigenvalue weighted by atomic mass is 9.92. The van der Waals surface area contributed by atoms with Crippen molar-refractivity contribution in [1.82, 2.24) is 58.1 Å². The first kappa shape index (κ1) is 78.3. The summed E-state index contributed by atoms with van der Waals surface area (Å²) < 4.78 is 0. The van der Waals surface area contributed by atoms with Gasteiger partial charge in [0, 0.05) is 57.9 Å². The van der Waals surface area contributed by atoms with Crippen LogP contribution in [-0.2, 0) is 52.7 Å². The summed E-state index contributed by atoms with van der Waals surface area (Å²) in [6.45, 7) is 27.1. The number of ketones is 1. The first-order valence-electron chi connectivity index (χ1n) is 31.8. The van der Waals surface area contributed by atoms with Crippen LogP contribution >= 0.6 is 0 Å². The van der Waals surface area contributed by atoms with Gasteiger partial charge in [-0.05, 0) is 117 Å². The number of hydrogen-bond acceptors (Lipinski definition) is 14. The van der Waals surface area contributed by atoms with Gasteiger partial charge in [-0.1, -0.05) is 94.4 Å². The summed E-state index contributed by atoms with van der Waals surface area (Å²) in [6.07, 6.45) is 6.40. The number of nitrogens with zero attached hydrogens (tertiary/aromatic N) is 1. The van der Waals surface area contributed by atoms with E-state index in [9.17, 15) is 57.8 Å². The van der Waals surface area contributed by atoms with E-state index >= 15 is 0 Å². The topological polar surface area (TPSA) is 352 Å². The average molecular weight is 1220 g/mol. The molecule has 0 aliphatic carbocycles. The fourth-order valence-corrected chi connectivity index (χ4v) is 10.2. The largest absolute Gasteiger partial charge is 0.395 e. The van der Waals surface area contributed by atoms with E-state index in [-0.39, 0.29) is 118 Å². The molecule has 0 aromatic heterocycles. The van der Waals surface area contributed by atoms with Gasteiger partial charge in [0.2, 0.25) is 59.1 Å². The fraction of sp³-hybridized carbons (Fsp3) is 0.823. The Balaban J connectivity index is 3.37. The van der Waals surface area contributed by atoms with Gasteiger partial charge in [-0.25, -0.2) is 0 Å². The van der Waals surface area contributed by atoms with Gasteiger partial charge in [0.25, 0.3) is 0 Å². The molecule has 10 amide bonds. The SMILES string of the molecule is CCCCCC[C@@H](C)C[C@@H](NC(=O)C(C)(C)NC(=O)[C@H](C)NC(=O)[C@H](C[C@H](C)C[C@H](O)CC(=O)CC)NC(=O)[C@@H]1CCCN1C(=O)CCC)C(=O)N[C@@H](CC(C)C)C(=O)NC(C)(C)C(=O)N[C@@H](CC(C)C)C(=O)NCCC(=O)N[C@@H](C)CNCCO. The molecule has 1 saturated heterocycles. The minimum atomic E-state index is -1.69. The van der Waals surface area contributed by atoms with E-state index in [1.165, 1.54) is 39.5 Å². The van der Waals surface area contributed by atoms with Gasteiger partial charge < -0.3 is 68.3 Å². The van der Waals surface area contributed by atoms with Crippen molar-refractivity contribution in [3.05, 3.63) is 0 Å². The Labute approximate surface area is 513 Å². The average Bonchev–Trinajstić information content (AvgIpc) is 4.02. The number of carbonyl (C=O) groups is 11. The Morgan fingerprint density at radius 3 is 1.67 bits per heavy atom. The molecule has 1 aliphatic heterocycles. The van der Waals surface area contributed by atoms with E-state index in [0.717, 1.165) is 32.1 Å². The Bertz CT molecular complexity index is 2190. The standard InChI is InChI=1S/C62H113N11O13/c1-16-19-20-21-24-40(8)34-49(56(82)67-47(32-39(6)7)57(83)72-62(14,15)60(86)69-46(31-38(4)5)54(80)64-27-26-51(77)65-42(10)37-63-28-30-74)70-59(85)61(12,13)71-53(79)43(11)66-55(81)48(35-41(9)33-45(76)36-44(75)18-3)68-58(84)50-25-22-29-73(50)52(78)23-17-2/h38-43,45-50,63,74,76H,16-37H2,1-15H3,(H,64,80)(H,65,77)(H,66,81)(H,67,82)(H,68,84)(H,69,86)(H,70,85)(H,71,79)(H,72,83)/t40-,41-,42+,43+,45+,46+,47+,48+,49-,50+/m1/s1. The van der Waals surface area contributed by atoms with Crippen LogP contribution < -0.4 is 53.2 Å². The van der Waals surface area contributed by atoms with Crippen molar-refractivity contribution in [2.75, 3.05) is 32.8 Å². The second kappa shape index (κ2) is 39.9. The Morgan fingerprint density at radius 1 is 0.570 bits per heavy atom. The van der Waals surface area contributed by atoms with E-state index in [1.54, 1.807) is 20.8 Å². The number of aliphatic hydroxyl groups excluding tert-OH is 2. The van der Waals surface area contributed by atoms with E-state index in [1.807, 2.05) is 41.5 Å². The zero-order chi connectivity index (χ0) is 65.5. The van der Waals surface area contributed by atoms with Crippen LogP contribution in [0, 0.1) is 23.7 Å². The molecule has 0 unspecified atom stereocenters. The van der Waals surface area contributed by atoms with Crippen molar-refractivity contribution in [2.24, 2.45) is 23.7 Å². The van der Waals surface area contributed by atoms with Crippen LogP contribution in [0.4, 0.5) is 0 Å². The molecule has 12 N–H and O–H groups in total. The highest BCUT2D eigenvalue weighted by Crippen LogP contribution is 2.22. The molecule has 24 nitrogen and oxygen atoms in total. The van der Waals surface area contributed by atoms with Crippen LogP contribution in [0.5, 0.6) is 0 Å². The summed E-state index contributed by atoms with van der Waals surface area (Å²) in [5.41, 5.74) is -3.29. The summed E-state index contributed by atoms with van der Waals surface area (Å²) >= 11 is 0. The van der Waals surface area contributed by atoms with Gasteiger partial charge in [-0.3, -0.25) is 52.7 Å². The molecule has 10 atom stereocenters. The van der Waals surface area contributed by atoms with Crippen LogP contribution in [0.3, 0.4) is 0 Å². The van der Waals surface area contributed by atoms with Crippen molar-refractivity contribution >= 4 is 64.9 Å². The van der Waals surface area contributed by atoms with Gasteiger partial charge in [0.15, 0.2) is 0 Å². The summed E-state index contributed by atoms with van der Waals surface area (Å²) in [5.74, 6) is -6.55. The van der Waals surface area contributed by atoms with Crippen molar-refractivity contribution < 1.29 is 63.0 Å². The molecule has 0 aromatic rings. The van der Waals surface area contributed by atoms with Crippen LogP contribution in [0.1, 0.15) is 213 Å². The number of amides is 10. The maximum absolute atomic E-state index is 14.5. The summed E-state index contributed by atoms with van der Waals surface area (Å²) in [4.78, 5) is 152. The maximum atomic E-state index is 14.5. The van der Waals surface area contributed by atoms with Gasteiger partial charge in [-0.2, -0.15) is 0 Å². The van der Waals surface area contributed by atoms with E-state index in [0.29, 0.717) is 38.9 Å². The van der Waals surface area contributed by atoms with Crippen LogP contribution in [0.2, 0.25) is 0 Å². The second-order valence-corrected chi connectivity index (χ2v) is 25.8. The maximum Gasteiger partial charge on any atom is 0.245 e. The highest BCUT2D eigenvalue weighted by Gasteiger charge is 2.40. The molecule has 0 saturated carbocycles. The third kappa shape index (κ3) is 30.2. The lowest BCUT2D eigenvalue weighted by Gasteiger charge is -2.32. The molecular formula is C62H113N11O13. The third-order valence-corrected chi connectivity index (χ3v) is 15.2. The predicted octanol–water partition coefficient (Wildman–Crippen LogP) is 2.84. The van der Waals surface area contributed by atoms with Gasteiger partial charge in [0.05, 0.1) is 12.7 Å². The number of hydrogen-bond donors (Lipinski definition) is 12. The zero-order valence-corrected chi connectivity index (χ0v) is 54.8. The molecule has 24 heteroatoms. The van der Waals surface area contributed by atoms with Gasteiger partial charge >= 0.3 is 0 Å². The third-order valence-electron chi connectivity index (χ3n) is 15.2. The van der Waals surface area contributed by atoms with Crippen molar-refractivity contribution in [2.45, 2.75) is 272 Å². The Morgan fingerprint density at radius 2 is 1.12 bits per heavy atom. The monoisotopic (exact) mass is 1220 g/mol. The molecule has 1 heterocycles. The number of nitrogens with one attached hydrogen (secondary N) is 10. The summed E-state index contributed by atoms with van der Waals surface area (Å²) in [7, 11) is 0. The van der Waals surface area contributed by atoms with Crippen LogP contribution in [0.25, 0.3) is 0 Å². The number of carbonyl (C=O) groups excluding carboxylic acids is 11. The minimum absolute atomic E-state index is 0.00177. The van der Waals surface area contributed by atoms with Gasteiger partial charge in [0.1, 0.15) is 53.1 Å². The molecule has 0 bridgehead atoms. The molecule has 494 valence electrons. The highest BCUT2D eigenvalue weighted by molar-refractivity contribution is 5.99. The number of rotatable bonds is 43. The van der Waals surface area contributed by atoms with Crippen molar-refractivity contribution in [3.8, 4) is 0 Å². The first-order chi connectivity index (χ1) is 40.2. The fourth-order valence-electron chi connectivity index (χ4n) is 10.2. The Hall–Kier alpha value is -5.75. The number of aliphatic hydroxyl groups is 2. The summed E-state index contributed by atoms with van der Waals surface area (Å²) in [6, 6.07) is -6.90. The first-order valence-corrected chi connectivity index (χ1v) is 31.8. The predicted molar refractivity (Wildman–Crippen MR) is 330 cm³/mol. The minimum Gasteiger partial charge on any atom is -0.395 e. The summed E-state index contributed by atoms with van der Waals surface area (Å²) in [5, 5.41) is 47.5. The molecule has 0 spiro atoms. The molecular weight excluding hydrogens is 1110 g/mol.